The summed E-state index contributed by atoms with van der Waals surface area (Å²) in [6.45, 7) is 1.72. The minimum absolute atomic E-state index is 0.0244. The van der Waals surface area contributed by atoms with E-state index in [-0.39, 0.29) is 18.0 Å². The molecule has 1 fully saturated rings. The standard InChI is InChI=1S/C16H17N3O3/c17-16(22)15(21)12-9-19(13-6-2-1-5-11(12)13)10-14(20)18-7-3-4-8-18/h1-2,5-6,9H,3-4,7-8,10H2,(H2,17,22). The lowest BCUT2D eigenvalue weighted by Gasteiger charge is -2.15. The number of amides is 2. The highest BCUT2D eigenvalue weighted by atomic mass is 16.2. The van der Waals surface area contributed by atoms with E-state index in [1.807, 2.05) is 17.0 Å². The van der Waals surface area contributed by atoms with Crippen molar-refractivity contribution in [1.29, 1.82) is 0 Å². The van der Waals surface area contributed by atoms with Gasteiger partial charge in [0.25, 0.3) is 11.7 Å². The SMILES string of the molecule is NC(=O)C(=O)c1cn(CC(=O)N2CCCC2)c2ccccc12. The van der Waals surface area contributed by atoms with Gasteiger partial charge in [0.2, 0.25) is 5.91 Å². The van der Waals surface area contributed by atoms with Crippen molar-refractivity contribution in [2.45, 2.75) is 19.4 Å². The first-order valence-electron chi connectivity index (χ1n) is 7.27. The molecule has 0 unspecified atom stereocenters. The maximum Gasteiger partial charge on any atom is 0.289 e. The van der Waals surface area contributed by atoms with E-state index in [2.05, 4.69) is 0 Å². The van der Waals surface area contributed by atoms with Crippen molar-refractivity contribution < 1.29 is 14.4 Å². The predicted octanol–water partition coefficient (Wildman–Crippen LogP) is 0.932. The Balaban J connectivity index is 1.97. The number of para-hydroxylation sites is 1. The van der Waals surface area contributed by atoms with Crippen molar-refractivity contribution in [3.63, 3.8) is 0 Å². The van der Waals surface area contributed by atoms with Crippen molar-refractivity contribution in [2.24, 2.45) is 5.73 Å². The Kier molecular flexibility index (Phi) is 3.66. The third-order valence-electron chi connectivity index (χ3n) is 4.02. The number of nitrogens with zero attached hydrogens (tertiary/aromatic N) is 2. The first-order chi connectivity index (χ1) is 10.6. The van der Waals surface area contributed by atoms with Gasteiger partial charge in [-0.05, 0) is 18.9 Å². The Morgan fingerprint density at radius 3 is 2.45 bits per heavy atom. The molecule has 2 aromatic rings. The normalized spacial score (nSPS) is 14.5. The van der Waals surface area contributed by atoms with Crippen LogP contribution in [0.4, 0.5) is 0 Å². The molecule has 1 aromatic heterocycles. The number of likely N-dealkylation sites (tertiary alicyclic amines) is 1. The highest BCUT2D eigenvalue weighted by Gasteiger charge is 2.22. The number of nitrogens with two attached hydrogens (primary N) is 1. The Morgan fingerprint density at radius 2 is 1.77 bits per heavy atom. The summed E-state index contributed by atoms with van der Waals surface area (Å²) in [6, 6.07) is 7.19. The third-order valence-corrected chi connectivity index (χ3v) is 4.02. The molecule has 0 radical (unpaired) electrons. The van der Waals surface area contributed by atoms with E-state index in [1.165, 1.54) is 0 Å². The second-order valence-corrected chi connectivity index (χ2v) is 5.47. The molecule has 2 heterocycles. The van der Waals surface area contributed by atoms with Crippen molar-refractivity contribution in [2.75, 3.05) is 13.1 Å². The van der Waals surface area contributed by atoms with Gasteiger partial charge in [0.15, 0.2) is 0 Å². The molecule has 0 aliphatic carbocycles. The summed E-state index contributed by atoms with van der Waals surface area (Å²) in [5, 5.41) is 0.639. The van der Waals surface area contributed by atoms with Gasteiger partial charge in [-0.1, -0.05) is 18.2 Å². The summed E-state index contributed by atoms with van der Waals surface area (Å²) in [5.41, 5.74) is 6.09. The molecule has 114 valence electrons. The molecule has 1 aliphatic rings. The molecule has 2 N–H and O–H groups in total. The lowest BCUT2D eigenvalue weighted by molar-refractivity contribution is -0.130. The summed E-state index contributed by atoms with van der Waals surface area (Å²) in [7, 11) is 0. The summed E-state index contributed by atoms with van der Waals surface area (Å²) in [4.78, 5) is 37.2. The monoisotopic (exact) mass is 299 g/mol. The predicted molar refractivity (Wildman–Crippen MR) is 81.3 cm³/mol. The van der Waals surface area contributed by atoms with Gasteiger partial charge in [0.1, 0.15) is 6.54 Å². The van der Waals surface area contributed by atoms with E-state index in [0.29, 0.717) is 5.39 Å². The molecule has 1 aromatic carbocycles. The van der Waals surface area contributed by atoms with E-state index in [1.54, 1.807) is 22.9 Å². The number of primary amides is 1. The third kappa shape index (κ3) is 2.47. The molecule has 3 rings (SSSR count). The largest absolute Gasteiger partial charge is 0.363 e. The number of fused-ring (bicyclic) bond motifs is 1. The smallest absolute Gasteiger partial charge is 0.289 e. The van der Waals surface area contributed by atoms with Crippen LogP contribution in [0.15, 0.2) is 30.5 Å². The van der Waals surface area contributed by atoms with E-state index in [9.17, 15) is 14.4 Å². The first kappa shape index (κ1) is 14.3. The maximum absolute atomic E-state index is 12.3. The number of carbonyl (C=O) groups excluding carboxylic acids is 3. The van der Waals surface area contributed by atoms with Gasteiger partial charge >= 0.3 is 0 Å². The summed E-state index contributed by atoms with van der Waals surface area (Å²) in [6.07, 6.45) is 3.61. The average molecular weight is 299 g/mol. The zero-order valence-electron chi connectivity index (χ0n) is 12.1. The molecule has 1 saturated heterocycles. The highest BCUT2D eigenvalue weighted by molar-refractivity contribution is 6.44. The zero-order valence-corrected chi connectivity index (χ0v) is 12.1. The Labute approximate surface area is 127 Å². The van der Waals surface area contributed by atoms with Crippen LogP contribution in [0, 0.1) is 0 Å². The second-order valence-electron chi connectivity index (χ2n) is 5.47. The molecule has 0 atom stereocenters. The fourth-order valence-corrected chi connectivity index (χ4v) is 2.90. The zero-order chi connectivity index (χ0) is 15.7. The fraction of sp³-hybridized carbons (Fsp3) is 0.312. The van der Waals surface area contributed by atoms with Crippen molar-refractivity contribution in [3.8, 4) is 0 Å². The van der Waals surface area contributed by atoms with Crippen LogP contribution in [-0.4, -0.2) is 40.2 Å². The van der Waals surface area contributed by atoms with E-state index in [0.717, 1.165) is 31.4 Å². The van der Waals surface area contributed by atoms with Crippen molar-refractivity contribution >= 4 is 28.5 Å². The van der Waals surface area contributed by atoms with Crippen LogP contribution in [0.1, 0.15) is 23.2 Å². The molecular weight excluding hydrogens is 282 g/mol. The summed E-state index contributed by atoms with van der Waals surface area (Å²) < 4.78 is 1.71. The van der Waals surface area contributed by atoms with Gasteiger partial charge in [-0.25, -0.2) is 0 Å². The molecule has 22 heavy (non-hydrogen) atoms. The van der Waals surface area contributed by atoms with Gasteiger partial charge in [-0.15, -0.1) is 0 Å². The van der Waals surface area contributed by atoms with E-state index < -0.39 is 11.7 Å². The van der Waals surface area contributed by atoms with Crippen LogP contribution in [0.25, 0.3) is 10.9 Å². The number of Topliss-reactive ketones (excluding diaryl/α,β-unsaturated/α-hetero) is 1. The number of carbonyl (C=O) groups is 3. The van der Waals surface area contributed by atoms with Crippen LogP contribution < -0.4 is 5.73 Å². The van der Waals surface area contributed by atoms with E-state index in [4.69, 9.17) is 5.73 Å². The number of aromatic nitrogens is 1. The minimum Gasteiger partial charge on any atom is -0.363 e. The van der Waals surface area contributed by atoms with Crippen LogP contribution in [0.2, 0.25) is 0 Å². The van der Waals surface area contributed by atoms with Crippen LogP contribution >= 0.6 is 0 Å². The lowest BCUT2D eigenvalue weighted by atomic mass is 10.1. The fourth-order valence-electron chi connectivity index (χ4n) is 2.90. The molecule has 0 spiro atoms. The molecule has 2 amide bonds. The molecule has 0 saturated carbocycles. The van der Waals surface area contributed by atoms with Gasteiger partial charge < -0.3 is 15.2 Å². The summed E-state index contributed by atoms with van der Waals surface area (Å²) in [5.74, 6) is -1.70. The maximum atomic E-state index is 12.3. The molecule has 6 heteroatoms. The van der Waals surface area contributed by atoms with E-state index >= 15 is 0 Å². The molecule has 6 nitrogen and oxygen atoms in total. The summed E-state index contributed by atoms with van der Waals surface area (Å²) >= 11 is 0. The van der Waals surface area contributed by atoms with Gasteiger partial charge in [0, 0.05) is 30.2 Å². The molecule has 1 aliphatic heterocycles. The van der Waals surface area contributed by atoms with Crippen LogP contribution in [-0.2, 0) is 16.1 Å². The van der Waals surface area contributed by atoms with Gasteiger partial charge in [-0.2, -0.15) is 0 Å². The molecular formula is C16H17N3O3. The number of hydrogen-bond acceptors (Lipinski definition) is 3. The second kappa shape index (κ2) is 5.63. The van der Waals surface area contributed by atoms with Gasteiger partial charge in [-0.3, -0.25) is 14.4 Å². The highest BCUT2D eigenvalue weighted by Crippen LogP contribution is 2.22. The Morgan fingerprint density at radius 1 is 1.09 bits per heavy atom. The number of benzene rings is 1. The van der Waals surface area contributed by atoms with Crippen LogP contribution in [0.3, 0.4) is 0 Å². The topological polar surface area (TPSA) is 85.4 Å². The van der Waals surface area contributed by atoms with Crippen molar-refractivity contribution in [3.05, 3.63) is 36.0 Å². The number of rotatable bonds is 4. The lowest BCUT2D eigenvalue weighted by Crippen LogP contribution is -2.30. The Hall–Kier alpha value is -2.63. The van der Waals surface area contributed by atoms with Crippen LogP contribution in [0.5, 0.6) is 0 Å². The number of hydrogen-bond donors (Lipinski definition) is 1. The van der Waals surface area contributed by atoms with Gasteiger partial charge in [0.05, 0.1) is 5.56 Å². The Bertz CT molecular complexity index is 757. The average Bonchev–Trinajstić information content (AvgIpc) is 3.15. The quantitative estimate of drug-likeness (QED) is 0.673. The minimum atomic E-state index is -0.992. The first-order valence-corrected chi connectivity index (χ1v) is 7.27. The van der Waals surface area contributed by atoms with Crippen molar-refractivity contribution in [1.82, 2.24) is 9.47 Å². The molecule has 0 bridgehead atoms. The number of ketones is 1.